The van der Waals surface area contributed by atoms with E-state index in [4.69, 9.17) is 9.52 Å². The summed E-state index contributed by atoms with van der Waals surface area (Å²) in [5, 5.41) is 25.3. The Hall–Kier alpha value is -4.76. The van der Waals surface area contributed by atoms with E-state index in [-0.39, 0.29) is 5.69 Å². The van der Waals surface area contributed by atoms with Crippen molar-refractivity contribution in [2.24, 2.45) is 5.10 Å². The first-order chi connectivity index (χ1) is 17.7. The number of hydrogen-bond acceptors (Lipinski definition) is 7. The standard InChI is InChI=1S/C27H17N5O3S/c33-32(34)21-13-11-18(12-14-21)23-16-15-22(35-23)17-24-25(19-7-3-1-4-8-19)30-31-26(28-29-27(31)36-24)20-9-5-2-6-10-20/h1-17H/b24-17+. The van der Waals surface area contributed by atoms with Crippen LogP contribution >= 0.6 is 11.8 Å². The third-order valence-corrected chi connectivity index (χ3v) is 6.56. The number of furan rings is 1. The molecule has 0 amide bonds. The summed E-state index contributed by atoms with van der Waals surface area (Å²) in [6.07, 6.45) is 1.92. The third kappa shape index (κ3) is 4.12. The van der Waals surface area contributed by atoms with E-state index >= 15 is 0 Å². The summed E-state index contributed by atoms with van der Waals surface area (Å²) in [6.45, 7) is 0. The second kappa shape index (κ2) is 9.12. The molecule has 174 valence electrons. The minimum Gasteiger partial charge on any atom is -0.457 e. The zero-order chi connectivity index (χ0) is 24.5. The lowest BCUT2D eigenvalue weighted by Gasteiger charge is -2.17. The predicted octanol–water partition coefficient (Wildman–Crippen LogP) is 6.51. The van der Waals surface area contributed by atoms with E-state index in [2.05, 4.69) is 10.2 Å². The smallest absolute Gasteiger partial charge is 0.269 e. The summed E-state index contributed by atoms with van der Waals surface area (Å²) in [5.74, 6) is 1.92. The highest BCUT2D eigenvalue weighted by Gasteiger charge is 2.25. The van der Waals surface area contributed by atoms with Gasteiger partial charge in [0, 0.05) is 33.7 Å². The number of thioether (sulfide) groups is 1. The van der Waals surface area contributed by atoms with Crippen molar-refractivity contribution in [3.8, 4) is 22.7 Å². The average Bonchev–Trinajstić information content (AvgIpc) is 3.56. The van der Waals surface area contributed by atoms with E-state index in [9.17, 15) is 10.1 Å². The number of benzene rings is 3. The fourth-order valence-electron chi connectivity index (χ4n) is 3.84. The van der Waals surface area contributed by atoms with Crippen molar-refractivity contribution in [3.63, 3.8) is 0 Å². The Morgan fingerprint density at radius 2 is 1.50 bits per heavy atom. The summed E-state index contributed by atoms with van der Waals surface area (Å²) in [6, 6.07) is 29.7. The zero-order valence-corrected chi connectivity index (χ0v) is 19.5. The van der Waals surface area contributed by atoms with Crippen LogP contribution in [0.5, 0.6) is 0 Å². The molecule has 0 bridgehead atoms. The second-order valence-electron chi connectivity index (χ2n) is 7.92. The van der Waals surface area contributed by atoms with Crippen LogP contribution in [0.2, 0.25) is 0 Å². The SMILES string of the molecule is O=[N+]([O-])c1ccc(-c2ccc(/C=C3/Sc4nnc(-c5ccccc5)n4N=C3c3ccccc3)o2)cc1. The van der Waals surface area contributed by atoms with Gasteiger partial charge in [-0.3, -0.25) is 10.1 Å². The summed E-state index contributed by atoms with van der Waals surface area (Å²) >= 11 is 1.47. The molecule has 0 spiro atoms. The van der Waals surface area contributed by atoms with Crippen molar-refractivity contribution in [3.05, 3.63) is 123 Å². The van der Waals surface area contributed by atoms with Crippen molar-refractivity contribution >= 4 is 29.2 Å². The van der Waals surface area contributed by atoms with Gasteiger partial charge in [-0.15, -0.1) is 10.2 Å². The Bertz CT molecular complexity index is 1620. The van der Waals surface area contributed by atoms with Crippen molar-refractivity contribution in [2.45, 2.75) is 5.16 Å². The number of nitro benzene ring substituents is 1. The van der Waals surface area contributed by atoms with E-state index < -0.39 is 4.92 Å². The van der Waals surface area contributed by atoms with E-state index in [1.807, 2.05) is 78.9 Å². The highest BCUT2D eigenvalue weighted by Crippen LogP contribution is 2.37. The number of nitro groups is 1. The van der Waals surface area contributed by atoms with Crippen LogP contribution in [0.25, 0.3) is 28.8 Å². The molecule has 0 unspecified atom stereocenters. The molecule has 0 saturated heterocycles. The quantitative estimate of drug-likeness (QED) is 0.205. The molecule has 6 rings (SSSR count). The number of non-ortho nitro benzene ring substituents is 1. The van der Waals surface area contributed by atoms with Crippen LogP contribution < -0.4 is 0 Å². The Balaban J connectivity index is 1.39. The number of allylic oxidation sites excluding steroid dienone is 1. The second-order valence-corrected chi connectivity index (χ2v) is 8.92. The molecule has 9 heteroatoms. The lowest BCUT2D eigenvalue weighted by Crippen LogP contribution is -2.12. The molecule has 0 fully saturated rings. The Kier molecular flexibility index (Phi) is 5.51. The predicted molar refractivity (Wildman–Crippen MR) is 138 cm³/mol. The van der Waals surface area contributed by atoms with Crippen LogP contribution in [0.1, 0.15) is 11.3 Å². The van der Waals surface area contributed by atoms with Crippen molar-refractivity contribution in [1.29, 1.82) is 0 Å². The van der Waals surface area contributed by atoms with E-state index in [0.717, 1.165) is 27.3 Å². The van der Waals surface area contributed by atoms with E-state index in [0.29, 0.717) is 22.5 Å². The van der Waals surface area contributed by atoms with Gasteiger partial charge in [0.15, 0.2) is 5.82 Å². The molecule has 8 nitrogen and oxygen atoms in total. The lowest BCUT2D eigenvalue weighted by molar-refractivity contribution is -0.384. The van der Waals surface area contributed by atoms with E-state index in [1.54, 1.807) is 16.8 Å². The monoisotopic (exact) mass is 491 g/mol. The highest BCUT2D eigenvalue weighted by molar-refractivity contribution is 8.04. The number of nitrogens with zero attached hydrogens (tertiary/aromatic N) is 5. The van der Waals surface area contributed by atoms with Crippen LogP contribution in [0, 0.1) is 10.1 Å². The van der Waals surface area contributed by atoms with Gasteiger partial charge >= 0.3 is 0 Å². The maximum Gasteiger partial charge on any atom is 0.269 e. The molecule has 36 heavy (non-hydrogen) atoms. The third-order valence-electron chi connectivity index (χ3n) is 5.59. The van der Waals surface area contributed by atoms with Gasteiger partial charge in [-0.25, -0.2) is 0 Å². The lowest BCUT2D eigenvalue weighted by atomic mass is 10.1. The van der Waals surface area contributed by atoms with Crippen LogP contribution in [0.15, 0.2) is 117 Å². The maximum absolute atomic E-state index is 10.9. The van der Waals surface area contributed by atoms with Gasteiger partial charge in [0.1, 0.15) is 17.2 Å². The van der Waals surface area contributed by atoms with Crippen LogP contribution in [0.4, 0.5) is 5.69 Å². The molecular formula is C27H17N5O3S. The Morgan fingerprint density at radius 1 is 0.806 bits per heavy atom. The molecule has 2 aromatic heterocycles. The van der Waals surface area contributed by atoms with Crippen LogP contribution in [-0.2, 0) is 0 Å². The van der Waals surface area contributed by atoms with E-state index in [1.165, 1.54) is 23.9 Å². The summed E-state index contributed by atoms with van der Waals surface area (Å²) in [5.41, 5.74) is 3.45. The van der Waals surface area contributed by atoms with Gasteiger partial charge in [0.25, 0.3) is 5.69 Å². The van der Waals surface area contributed by atoms with Crippen molar-refractivity contribution < 1.29 is 9.34 Å². The average molecular weight is 492 g/mol. The molecule has 0 atom stereocenters. The number of hydrogen-bond donors (Lipinski definition) is 0. The number of fused-ring (bicyclic) bond motifs is 1. The van der Waals surface area contributed by atoms with Gasteiger partial charge in [0.05, 0.1) is 4.92 Å². The minimum absolute atomic E-state index is 0.0361. The normalized spacial score (nSPS) is 13.9. The molecule has 1 aliphatic rings. The van der Waals surface area contributed by atoms with Gasteiger partial charge in [-0.05, 0) is 42.1 Å². The Labute approximate surface area is 209 Å². The fraction of sp³-hybridized carbons (Fsp3) is 0. The molecule has 0 N–H and O–H groups in total. The maximum atomic E-state index is 10.9. The summed E-state index contributed by atoms with van der Waals surface area (Å²) < 4.78 is 7.83. The molecule has 5 aromatic rings. The van der Waals surface area contributed by atoms with Crippen molar-refractivity contribution in [1.82, 2.24) is 14.9 Å². The van der Waals surface area contributed by atoms with Crippen molar-refractivity contribution in [2.75, 3.05) is 0 Å². The first-order valence-electron chi connectivity index (χ1n) is 11.1. The number of aromatic nitrogens is 3. The van der Waals surface area contributed by atoms with Gasteiger partial charge in [0.2, 0.25) is 5.16 Å². The number of rotatable bonds is 5. The van der Waals surface area contributed by atoms with Gasteiger partial charge in [-0.2, -0.15) is 9.78 Å². The van der Waals surface area contributed by atoms with Gasteiger partial charge < -0.3 is 4.42 Å². The Morgan fingerprint density at radius 3 is 2.19 bits per heavy atom. The first kappa shape index (κ1) is 21.8. The summed E-state index contributed by atoms with van der Waals surface area (Å²) in [7, 11) is 0. The molecular weight excluding hydrogens is 474 g/mol. The largest absolute Gasteiger partial charge is 0.457 e. The topological polar surface area (TPSA) is 99.3 Å². The molecule has 0 aliphatic carbocycles. The molecule has 3 aromatic carbocycles. The molecule has 0 saturated carbocycles. The molecule has 1 aliphatic heterocycles. The first-order valence-corrected chi connectivity index (χ1v) is 11.9. The molecule has 3 heterocycles. The molecule has 0 radical (unpaired) electrons. The van der Waals surface area contributed by atoms with Gasteiger partial charge in [-0.1, -0.05) is 60.7 Å². The fourth-order valence-corrected chi connectivity index (χ4v) is 4.76. The van der Waals surface area contributed by atoms with Crippen LogP contribution in [0.3, 0.4) is 0 Å². The minimum atomic E-state index is -0.422. The van der Waals surface area contributed by atoms with Crippen LogP contribution in [-0.4, -0.2) is 25.5 Å². The zero-order valence-electron chi connectivity index (χ0n) is 18.7. The highest BCUT2D eigenvalue weighted by atomic mass is 32.2. The summed E-state index contributed by atoms with van der Waals surface area (Å²) in [4.78, 5) is 11.4.